The van der Waals surface area contributed by atoms with E-state index in [1.54, 1.807) is 6.20 Å². The molecule has 1 atom stereocenters. The Kier molecular flexibility index (Phi) is 3.48. The Morgan fingerprint density at radius 2 is 2.46 bits per heavy atom. The quantitative estimate of drug-likeness (QED) is 0.705. The highest BCUT2D eigenvalue weighted by atomic mass is 14.9. The minimum Gasteiger partial charge on any atom is -0.300 e. The molecule has 0 aliphatic rings. The normalized spacial score (nSPS) is 12.1. The van der Waals surface area contributed by atoms with Crippen molar-refractivity contribution < 1.29 is 0 Å². The van der Waals surface area contributed by atoms with Crippen LogP contribution in [0.3, 0.4) is 0 Å². The molecule has 2 heteroatoms. The summed E-state index contributed by atoms with van der Waals surface area (Å²) in [6, 6.07) is 1.95. The lowest BCUT2D eigenvalue weighted by atomic mass is 10.1. The molecule has 68 valence electrons. The van der Waals surface area contributed by atoms with Crippen molar-refractivity contribution in [3.63, 3.8) is 0 Å². The number of pyridine rings is 1. The Bertz CT molecular complexity index is 312. The van der Waals surface area contributed by atoms with Gasteiger partial charge in [0.15, 0.2) is 0 Å². The lowest BCUT2D eigenvalue weighted by molar-refractivity contribution is 0.659. The smallest absolute Gasteiger partial charge is 0.0960 e. The van der Waals surface area contributed by atoms with Crippen LogP contribution in [0.25, 0.3) is 0 Å². The standard InChI is InChI=1S/C11H14N2/c1-4-11(13-5-2)10-8-12-7-6-9(10)3/h1,6-8,11,13H,5H2,2-3H3. The Hall–Kier alpha value is -1.33. The van der Waals surface area contributed by atoms with E-state index in [2.05, 4.69) is 16.2 Å². The predicted octanol–water partition coefficient (Wildman–Crippen LogP) is 1.67. The lowest BCUT2D eigenvalue weighted by Crippen LogP contribution is -2.20. The second kappa shape index (κ2) is 4.64. The summed E-state index contributed by atoms with van der Waals surface area (Å²) in [6.45, 7) is 4.94. The third-order valence-corrected chi connectivity index (χ3v) is 1.97. The van der Waals surface area contributed by atoms with Crippen LogP contribution < -0.4 is 5.32 Å². The fourth-order valence-electron chi connectivity index (χ4n) is 1.24. The number of nitrogens with one attached hydrogen (secondary N) is 1. The molecule has 13 heavy (non-hydrogen) atoms. The van der Waals surface area contributed by atoms with E-state index in [9.17, 15) is 0 Å². The van der Waals surface area contributed by atoms with Gasteiger partial charge in [0.1, 0.15) is 0 Å². The van der Waals surface area contributed by atoms with Crippen LogP contribution in [-0.4, -0.2) is 11.5 Å². The first-order chi connectivity index (χ1) is 6.29. The van der Waals surface area contributed by atoms with E-state index in [1.807, 2.05) is 26.1 Å². The van der Waals surface area contributed by atoms with Crippen LogP contribution >= 0.6 is 0 Å². The second-order valence-electron chi connectivity index (χ2n) is 2.89. The maximum Gasteiger partial charge on any atom is 0.0960 e. The summed E-state index contributed by atoms with van der Waals surface area (Å²) in [5, 5.41) is 3.21. The van der Waals surface area contributed by atoms with Crippen LogP contribution in [0, 0.1) is 19.3 Å². The van der Waals surface area contributed by atoms with Gasteiger partial charge in [-0.3, -0.25) is 4.98 Å². The van der Waals surface area contributed by atoms with Crippen molar-refractivity contribution in [1.82, 2.24) is 10.3 Å². The first kappa shape index (κ1) is 9.76. The molecular formula is C11H14N2. The molecule has 0 radical (unpaired) electrons. The SMILES string of the molecule is C#CC(NCC)c1cnccc1C. The highest BCUT2D eigenvalue weighted by Crippen LogP contribution is 2.14. The van der Waals surface area contributed by atoms with Crippen LogP contribution in [0.1, 0.15) is 24.1 Å². The molecule has 1 unspecified atom stereocenters. The predicted molar refractivity (Wildman–Crippen MR) is 54.2 cm³/mol. The molecule has 2 nitrogen and oxygen atoms in total. The number of hydrogen-bond donors (Lipinski definition) is 1. The zero-order valence-corrected chi connectivity index (χ0v) is 8.04. The topological polar surface area (TPSA) is 24.9 Å². The minimum atomic E-state index is -0.0151. The molecular weight excluding hydrogens is 160 g/mol. The largest absolute Gasteiger partial charge is 0.300 e. The summed E-state index contributed by atoms with van der Waals surface area (Å²) in [5.74, 6) is 2.71. The zero-order valence-electron chi connectivity index (χ0n) is 8.04. The zero-order chi connectivity index (χ0) is 9.68. The maximum atomic E-state index is 5.42. The van der Waals surface area contributed by atoms with E-state index in [0.717, 1.165) is 12.1 Å². The Balaban J connectivity index is 2.92. The maximum absolute atomic E-state index is 5.42. The van der Waals surface area contributed by atoms with Gasteiger partial charge in [-0.25, -0.2) is 0 Å². The van der Waals surface area contributed by atoms with E-state index in [1.165, 1.54) is 5.56 Å². The average Bonchev–Trinajstić information content (AvgIpc) is 2.16. The number of aromatic nitrogens is 1. The monoisotopic (exact) mass is 174 g/mol. The first-order valence-electron chi connectivity index (χ1n) is 4.39. The van der Waals surface area contributed by atoms with Gasteiger partial charge < -0.3 is 5.32 Å². The summed E-state index contributed by atoms with van der Waals surface area (Å²) < 4.78 is 0. The Morgan fingerprint density at radius 1 is 1.69 bits per heavy atom. The summed E-state index contributed by atoms with van der Waals surface area (Å²) in [4.78, 5) is 4.06. The number of rotatable bonds is 3. The number of nitrogens with zero attached hydrogens (tertiary/aromatic N) is 1. The molecule has 0 aliphatic heterocycles. The highest BCUT2D eigenvalue weighted by Gasteiger charge is 2.08. The van der Waals surface area contributed by atoms with E-state index in [4.69, 9.17) is 6.42 Å². The van der Waals surface area contributed by atoms with E-state index in [-0.39, 0.29) is 6.04 Å². The van der Waals surface area contributed by atoms with Crippen molar-refractivity contribution in [2.45, 2.75) is 19.9 Å². The van der Waals surface area contributed by atoms with Gasteiger partial charge >= 0.3 is 0 Å². The van der Waals surface area contributed by atoms with Gasteiger partial charge in [-0.05, 0) is 25.1 Å². The average molecular weight is 174 g/mol. The molecule has 1 aromatic rings. The van der Waals surface area contributed by atoms with Gasteiger partial charge in [-0.15, -0.1) is 6.42 Å². The Morgan fingerprint density at radius 3 is 3.00 bits per heavy atom. The van der Waals surface area contributed by atoms with Crippen LogP contribution in [0.2, 0.25) is 0 Å². The van der Waals surface area contributed by atoms with Gasteiger partial charge in [0.25, 0.3) is 0 Å². The summed E-state index contributed by atoms with van der Waals surface area (Å²) >= 11 is 0. The summed E-state index contributed by atoms with van der Waals surface area (Å²) in [5.41, 5.74) is 2.27. The van der Waals surface area contributed by atoms with Gasteiger partial charge in [0.05, 0.1) is 6.04 Å². The van der Waals surface area contributed by atoms with Gasteiger partial charge in [-0.1, -0.05) is 12.8 Å². The number of terminal acetylenes is 1. The van der Waals surface area contributed by atoms with Crippen LogP contribution in [0.4, 0.5) is 0 Å². The molecule has 0 fully saturated rings. The van der Waals surface area contributed by atoms with Gasteiger partial charge in [0, 0.05) is 18.0 Å². The van der Waals surface area contributed by atoms with Crippen molar-refractivity contribution in [1.29, 1.82) is 0 Å². The molecule has 1 N–H and O–H groups in total. The number of aryl methyl sites for hydroxylation is 1. The van der Waals surface area contributed by atoms with Gasteiger partial charge in [0.2, 0.25) is 0 Å². The molecule has 0 bridgehead atoms. The molecule has 1 rings (SSSR count). The van der Waals surface area contributed by atoms with Crippen molar-refractivity contribution >= 4 is 0 Å². The number of hydrogen-bond acceptors (Lipinski definition) is 2. The molecule has 0 aliphatic carbocycles. The second-order valence-corrected chi connectivity index (χ2v) is 2.89. The molecule has 1 heterocycles. The van der Waals surface area contributed by atoms with E-state index < -0.39 is 0 Å². The van der Waals surface area contributed by atoms with Crippen LogP contribution in [0.15, 0.2) is 18.5 Å². The fraction of sp³-hybridized carbons (Fsp3) is 0.364. The molecule has 0 aromatic carbocycles. The van der Waals surface area contributed by atoms with Crippen LogP contribution in [0.5, 0.6) is 0 Å². The van der Waals surface area contributed by atoms with Gasteiger partial charge in [-0.2, -0.15) is 0 Å². The molecule has 0 saturated heterocycles. The molecule has 0 saturated carbocycles. The fourth-order valence-corrected chi connectivity index (χ4v) is 1.24. The van der Waals surface area contributed by atoms with E-state index >= 15 is 0 Å². The Labute approximate surface area is 79.4 Å². The minimum absolute atomic E-state index is 0.0151. The first-order valence-corrected chi connectivity index (χ1v) is 4.39. The van der Waals surface area contributed by atoms with E-state index in [0.29, 0.717) is 0 Å². The molecule has 0 spiro atoms. The van der Waals surface area contributed by atoms with Crippen molar-refractivity contribution in [2.75, 3.05) is 6.54 Å². The summed E-state index contributed by atoms with van der Waals surface area (Å²) in [6.07, 6.45) is 9.02. The summed E-state index contributed by atoms with van der Waals surface area (Å²) in [7, 11) is 0. The third kappa shape index (κ3) is 2.30. The lowest BCUT2D eigenvalue weighted by Gasteiger charge is -2.13. The van der Waals surface area contributed by atoms with Crippen LogP contribution in [-0.2, 0) is 0 Å². The van der Waals surface area contributed by atoms with Crippen molar-refractivity contribution in [2.24, 2.45) is 0 Å². The molecule has 0 amide bonds. The highest BCUT2D eigenvalue weighted by molar-refractivity contribution is 5.30. The van der Waals surface area contributed by atoms with Crippen molar-refractivity contribution in [3.05, 3.63) is 29.6 Å². The molecule has 1 aromatic heterocycles. The van der Waals surface area contributed by atoms with Crippen molar-refractivity contribution in [3.8, 4) is 12.3 Å². The third-order valence-electron chi connectivity index (χ3n) is 1.97.